The average Bonchev–Trinajstić information content (AvgIpc) is 2.81. The predicted molar refractivity (Wildman–Crippen MR) is 73.8 cm³/mol. The van der Waals surface area contributed by atoms with Gasteiger partial charge in [-0.3, -0.25) is 19.2 Å². The van der Waals surface area contributed by atoms with E-state index in [-0.39, 0.29) is 37.1 Å². The van der Waals surface area contributed by atoms with E-state index in [0.717, 1.165) is 12.8 Å². The Labute approximate surface area is 128 Å². The van der Waals surface area contributed by atoms with E-state index in [1.54, 1.807) is 7.05 Å². The summed E-state index contributed by atoms with van der Waals surface area (Å²) in [5.74, 6) is -2.06. The molecule has 0 bridgehead atoms. The third-order valence-corrected chi connectivity index (χ3v) is 3.29. The molecule has 8 heteroatoms. The summed E-state index contributed by atoms with van der Waals surface area (Å²) in [4.78, 5) is 44.1. The second-order valence-electron chi connectivity index (χ2n) is 5.16. The van der Waals surface area contributed by atoms with Crippen LogP contribution in [0.2, 0.25) is 0 Å². The highest BCUT2D eigenvalue weighted by Crippen LogP contribution is 2.15. The summed E-state index contributed by atoms with van der Waals surface area (Å²) >= 11 is 0. The number of hydrogen-bond donors (Lipinski definition) is 1. The first-order valence-electron chi connectivity index (χ1n) is 7.18. The van der Waals surface area contributed by atoms with Crippen LogP contribution in [0.5, 0.6) is 0 Å². The molecule has 8 nitrogen and oxygen atoms in total. The number of carboxylic acid groups (broad SMARTS) is 1. The molecule has 2 saturated heterocycles. The summed E-state index contributed by atoms with van der Waals surface area (Å²) in [7, 11) is 1.62. The van der Waals surface area contributed by atoms with Crippen molar-refractivity contribution < 1.29 is 33.8 Å². The van der Waals surface area contributed by atoms with Gasteiger partial charge in [0.05, 0.1) is 32.0 Å². The Balaban J connectivity index is 0.000000224. The Morgan fingerprint density at radius 3 is 1.91 bits per heavy atom. The molecule has 0 aliphatic carbocycles. The SMILES string of the molecule is CN1CC(C(=O)O)CC1=O.O=C1CCC(=O)OCCCCO1. The van der Waals surface area contributed by atoms with E-state index >= 15 is 0 Å². The van der Waals surface area contributed by atoms with Crippen molar-refractivity contribution in [2.45, 2.75) is 32.1 Å². The van der Waals surface area contributed by atoms with Gasteiger partial charge in [-0.25, -0.2) is 0 Å². The number of cyclic esters (lactones) is 2. The van der Waals surface area contributed by atoms with E-state index < -0.39 is 11.9 Å². The van der Waals surface area contributed by atoms with Crippen LogP contribution in [0.25, 0.3) is 0 Å². The zero-order valence-corrected chi connectivity index (χ0v) is 12.6. The highest BCUT2D eigenvalue weighted by Gasteiger charge is 2.31. The predicted octanol–water partition coefficient (Wildman–Crippen LogP) is 0.196. The number of nitrogens with zero attached hydrogens (tertiary/aromatic N) is 1. The Hall–Kier alpha value is -2.12. The molecule has 1 unspecified atom stereocenters. The van der Waals surface area contributed by atoms with Gasteiger partial charge in [-0.15, -0.1) is 0 Å². The van der Waals surface area contributed by atoms with Crippen LogP contribution in [-0.4, -0.2) is 60.6 Å². The standard InChI is InChI=1S/C8H12O4.C6H9NO3/c9-7-3-4-8(10)12-6-2-1-5-11-7;1-7-3-4(6(9)10)2-5(7)8/h1-6H2;4H,2-3H2,1H3,(H,9,10). The van der Waals surface area contributed by atoms with Crippen molar-refractivity contribution in [1.82, 2.24) is 4.90 Å². The zero-order valence-electron chi connectivity index (χ0n) is 12.6. The molecule has 22 heavy (non-hydrogen) atoms. The highest BCUT2D eigenvalue weighted by atomic mass is 16.5. The number of aliphatic carboxylic acids is 1. The zero-order chi connectivity index (χ0) is 16.5. The lowest BCUT2D eigenvalue weighted by atomic mass is 10.1. The van der Waals surface area contributed by atoms with E-state index in [4.69, 9.17) is 14.6 Å². The van der Waals surface area contributed by atoms with E-state index in [1.165, 1.54) is 4.90 Å². The van der Waals surface area contributed by atoms with Gasteiger partial charge in [-0.2, -0.15) is 0 Å². The van der Waals surface area contributed by atoms with Crippen molar-refractivity contribution >= 4 is 23.8 Å². The Morgan fingerprint density at radius 2 is 1.59 bits per heavy atom. The molecule has 0 aromatic heterocycles. The van der Waals surface area contributed by atoms with Gasteiger partial charge in [0, 0.05) is 20.0 Å². The van der Waals surface area contributed by atoms with Crippen molar-refractivity contribution in [3.8, 4) is 0 Å². The molecule has 2 heterocycles. The maximum Gasteiger partial charge on any atom is 0.308 e. The molecular formula is C14H21NO7. The number of esters is 2. The van der Waals surface area contributed by atoms with Gasteiger partial charge < -0.3 is 19.5 Å². The fourth-order valence-electron chi connectivity index (χ4n) is 1.95. The lowest BCUT2D eigenvalue weighted by Crippen LogP contribution is -2.20. The summed E-state index contributed by atoms with van der Waals surface area (Å²) in [5.41, 5.74) is 0. The lowest BCUT2D eigenvalue weighted by molar-refractivity contribution is -0.152. The minimum absolute atomic E-state index is 0.0765. The van der Waals surface area contributed by atoms with Crippen molar-refractivity contribution in [1.29, 1.82) is 0 Å². The number of rotatable bonds is 1. The van der Waals surface area contributed by atoms with Crippen LogP contribution in [0.3, 0.4) is 0 Å². The molecule has 0 radical (unpaired) electrons. The van der Waals surface area contributed by atoms with Crippen LogP contribution in [0.1, 0.15) is 32.1 Å². The third-order valence-electron chi connectivity index (χ3n) is 3.29. The van der Waals surface area contributed by atoms with Gasteiger partial charge in [0.15, 0.2) is 0 Å². The number of ether oxygens (including phenoxy) is 2. The number of carboxylic acids is 1. The van der Waals surface area contributed by atoms with Crippen LogP contribution in [-0.2, 0) is 28.7 Å². The second-order valence-corrected chi connectivity index (χ2v) is 5.16. The number of hydrogen-bond acceptors (Lipinski definition) is 6. The summed E-state index contributed by atoms with van der Waals surface area (Å²) in [5, 5.41) is 8.47. The summed E-state index contributed by atoms with van der Waals surface area (Å²) in [6.45, 7) is 1.24. The average molecular weight is 315 g/mol. The molecule has 0 saturated carbocycles. The molecule has 2 aliphatic heterocycles. The molecule has 1 amide bonds. The van der Waals surface area contributed by atoms with Gasteiger partial charge in [-0.05, 0) is 12.8 Å². The molecule has 2 aliphatic rings. The van der Waals surface area contributed by atoms with Crippen molar-refractivity contribution in [2.24, 2.45) is 5.92 Å². The quantitative estimate of drug-likeness (QED) is 0.688. The number of amides is 1. The first-order valence-corrected chi connectivity index (χ1v) is 7.18. The Morgan fingerprint density at radius 1 is 1.09 bits per heavy atom. The summed E-state index contributed by atoms with van der Waals surface area (Å²) < 4.78 is 9.64. The lowest BCUT2D eigenvalue weighted by Gasteiger charge is -2.08. The van der Waals surface area contributed by atoms with Gasteiger partial charge in [-0.1, -0.05) is 0 Å². The molecule has 124 valence electrons. The van der Waals surface area contributed by atoms with E-state index in [2.05, 4.69) is 0 Å². The van der Waals surface area contributed by atoms with Gasteiger partial charge in [0.25, 0.3) is 0 Å². The van der Waals surface area contributed by atoms with Crippen LogP contribution < -0.4 is 0 Å². The fourth-order valence-corrected chi connectivity index (χ4v) is 1.95. The maximum atomic E-state index is 10.8. The smallest absolute Gasteiger partial charge is 0.308 e. The molecule has 0 aromatic carbocycles. The molecule has 0 spiro atoms. The van der Waals surface area contributed by atoms with Gasteiger partial charge >= 0.3 is 17.9 Å². The Kier molecular flexibility index (Phi) is 7.34. The fraction of sp³-hybridized carbons (Fsp3) is 0.714. The van der Waals surface area contributed by atoms with Crippen molar-refractivity contribution in [3.63, 3.8) is 0 Å². The van der Waals surface area contributed by atoms with E-state index in [1.807, 2.05) is 0 Å². The Bertz CT molecular complexity index is 415. The minimum Gasteiger partial charge on any atom is -0.481 e. The summed E-state index contributed by atoms with van der Waals surface area (Å²) in [6.07, 6.45) is 1.96. The first-order chi connectivity index (χ1) is 10.4. The van der Waals surface area contributed by atoms with E-state index in [9.17, 15) is 19.2 Å². The molecular weight excluding hydrogens is 294 g/mol. The van der Waals surface area contributed by atoms with Crippen LogP contribution in [0.15, 0.2) is 0 Å². The normalized spacial score (nSPS) is 23.0. The van der Waals surface area contributed by atoms with E-state index in [0.29, 0.717) is 19.8 Å². The van der Waals surface area contributed by atoms with Gasteiger partial charge in [0.1, 0.15) is 0 Å². The second kappa shape index (κ2) is 9.01. The molecule has 2 fully saturated rings. The maximum absolute atomic E-state index is 10.8. The highest BCUT2D eigenvalue weighted by molar-refractivity contribution is 5.85. The summed E-state index contributed by atoms with van der Waals surface area (Å²) in [6, 6.07) is 0. The monoisotopic (exact) mass is 315 g/mol. The van der Waals surface area contributed by atoms with Crippen LogP contribution in [0.4, 0.5) is 0 Å². The minimum atomic E-state index is -0.877. The third kappa shape index (κ3) is 6.55. The first kappa shape index (κ1) is 17.9. The van der Waals surface area contributed by atoms with Crippen LogP contribution >= 0.6 is 0 Å². The topological polar surface area (TPSA) is 110 Å². The van der Waals surface area contributed by atoms with Crippen molar-refractivity contribution in [3.05, 3.63) is 0 Å². The van der Waals surface area contributed by atoms with Gasteiger partial charge in [0.2, 0.25) is 5.91 Å². The number of likely N-dealkylation sites (tertiary alicyclic amines) is 1. The van der Waals surface area contributed by atoms with Crippen LogP contribution in [0, 0.1) is 5.92 Å². The van der Waals surface area contributed by atoms with Crippen molar-refractivity contribution in [2.75, 3.05) is 26.8 Å². The molecule has 0 aromatic rings. The largest absolute Gasteiger partial charge is 0.481 e. The molecule has 1 N–H and O–H groups in total. The molecule has 1 atom stereocenters. The molecule has 2 rings (SSSR count). The number of carbonyl (C=O) groups is 4. The number of carbonyl (C=O) groups excluding carboxylic acids is 3.